The lowest BCUT2D eigenvalue weighted by molar-refractivity contribution is 0.715. The van der Waals surface area contributed by atoms with Crippen LogP contribution in [0.3, 0.4) is 0 Å². The van der Waals surface area contributed by atoms with Crippen LogP contribution in [-0.4, -0.2) is 4.98 Å². The van der Waals surface area contributed by atoms with Gasteiger partial charge in [0.25, 0.3) is 0 Å². The zero-order valence-corrected chi connectivity index (χ0v) is 12.5. The van der Waals surface area contributed by atoms with E-state index >= 15 is 0 Å². The zero-order valence-electron chi connectivity index (χ0n) is 12.5. The highest BCUT2D eigenvalue weighted by atomic mass is 14.7. The summed E-state index contributed by atoms with van der Waals surface area (Å²) in [5, 5.41) is 1.44. The molecule has 0 bridgehead atoms. The van der Waals surface area contributed by atoms with Crippen LogP contribution in [0.2, 0.25) is 0 Å². The van der Waals surface area contributed by atoms with Crippen molar-refractivity contribution in [3.05, 3.63) is 41.6 Å². The summed E-state index contributed by atoms with van der Waals surface area (Å²) in [6.07, 6.45) is 12.8. The Bertz CT molecular complexity index is 603. The highest BCUT2D eigenvalue weighted by Crippen LogP contribution is 2.33. The molecule has 1 N–H and O–H groups in total. The third kappa shape index (κ3) is 2.67. The van der Waals surface area contributed by atoms with Gasteiger partial charge in [0.05, 0.1) is 0 Å². The van der Waals surface area contributed by atoms with Crippen molar-refractivity contribution in [2.45, 2.75) is 58.3 Å². The van der Waals surface area contributed by atoms with Gasteiger partial charge in [-0.05, 0) is 55.7 Å². The Morgan fingerprint density at radius 1 is 1.10 bits per heavy atom. The standard InChI is InChI=1S/C19H25N/c1-2-3-5-13-17-16-12-8-9-14-18(16)20-19(17)15-10-6-4-7-11-15/h8-10,12,14,20H,2-7,11,13H2,1H3. The van der Waals surface area contributed by atoms with E-state index in [1.165, 1.54) is 68.0 Å². The molecule has 106 valence electrons. The van der Waals surface area contributed by atoms with E-state index in [4.69, 9.17) is 0 Å². The van der Waals surface area contributed by atoms with Crippen LogP contribution in [0.25, 0.3) is 16.5 Å². The average Bonchev–Trinajstić information content (AvgIpc) is 2.87. The third-order valence-corrected chi connectivity index (χ3v) is 4.46. The average molecular weight is 267 g/mol. The predicted octanol–water partition coefficient (Wildman–Crippen LogP) is 5.86. The number of benzene rings is 1. The molecule has 1 heterocycles. The van der Waals surface area contributed by atoms with Crippen LogP contribution < -0.4 is 0 Å². The van der Waals surface area contributed by atoms with Crippen LogP contribution in [0, 0.1) is 0 Å². The minimum atomic E-state index is 1.21. The summed E-state index contributed by atoms with van der Waals surface area (Å²) in [5.41, 5.74) is 5.85. The Morgan fingerprint density at radius 2 is 2.00 bits per heavy atom. The summed E-state index contributed by atoms with van der Waals surface area (Å²) in [5.74, 6) is 0. The van der Waals surface area contributed by atoms with Crippen molar-refractivity contribution in [2.75, 3.05) is 0 Å². The molecule has 3 rings (SSSR count). The lowest BCUT2D eigenvalue weighted by Crippen LogP contribution is -1.96. The number of nitrogens with one attached hydrogen (secondary N) is 1. The Morgan fingerprint density at radius 3 is 2.80 bits per heavy atom. The van der Waals surface area contributed by atoms with Gasteiger partial charge in [-0.15, -0.1) is 0 Å². The van der Waals surface area contributed by atoms with Crippen LogP contribution >= 0.6 is 0 Å². The number of para-hydroxylation sites is 1. The number of aromatic nitrogens is 1. The highest BCUT2D eigenvalue weighted by Gasteiger charge is 2.15. The maximum absolute atomic E-state index is 3.69. The molecular weight excluding hydrogens is 242 g/mol. The monoisotopic (exact) mass is 267 g/mol. The second-order valence-electron chi connectivity index (χ2n) is 5.96. The molecule has 20 heavy (non-hydrogen) atoms. The summed E-state index contributed by atoms with van der Waals surface area (Å²) >= 11 is 0. The number of hydrogen-bond acceptors (Lipinski definition) is 0. The quantitative estimate of drug-likeness (QED) is 0.653. The fraction of sp³-hybridized carbons (Fsp3) is 0.474. The molecule has 0 saturated carbocycles. The van der Waals surface area contributed by atoms with Gasteiger partial charge < -0.3 is 4.98 Å². The van der Waals surface area contributed by atoms with E-state index in [1.807, 2.05) is 0 Å². The molecule has 0 aliphatic heterocycles. The van der Waals surface area contributed by atoms with Gasteiger partial charge in [0, 0.05) is 16.6 Å². The number of aryl methyl sites for hydroxylation is 1. The molecule has 0 radical (unpaired) electrons. The van der Waals surface area contributed by atoms with Gasteiger partial charge >= 0.3 is 0 Å². The molecule has 0 fully saturated rings. The molecule has 0 unspecified atom stereocenters. The van der Waals surface area contributed by atoms with Gasteiger partial charge in [-0.1, -0.05) is 44.0 Å². The van der Waals surface area contributed by atoms with Crippen LogP contribution in [-0.2, 0) is 6.42 Å². The van der Waals surface area contributed by atoms with Crippen molar-refractivity contribution < 1.29 is 0 Å². The summed E-state index contributed by atoms with van der Waals surface area (Å²) in [7, 11) is 0. The second kappa shape index (κ2) is 6.30. The number of unbranched alkanes of at least 4 members (excludes halogenated alkanes) is 2. The molecule has 1 aliphatic carbocycles. The van der Waals surface area contributed by atoms with Crippen LogP contribution in [0.4, 0.5) is 0 Å². The Hall–Kier alpha value is -1.50. The molecule has 0 atom stereocenters. The normalized spacial score (nSPS) is 15.6. The summed E-state index contributed by atoms with van der Waals surface area (Å²) < 4.78 is 0. The first-order valence-corrected chi connectivity index (χ1v) is 8.19. The van der Waals surface area contributed by atoms with Gasteiger partial charge in [-0.25, -0.2) is 0 Å². The van der Waals surface area contributed by atoms with E-state index in [1.54, 1.807) is 11.1 Å². The fourth-order valence-corrected chi connectivity index (χ4v) is 3.35. The van der Waals surface area contributed by atoms with Gasteiger partial charge in [0.15, 0.2) is 0 Å². The largest absolute Gasteiger partial charge is 0.355 e. The summed E-state index contributed by atoms with van der Waals surface area (Å²) in [4.78, 5) is 3.69. The summed E-state index contributed by atoms with van der Waals surface area (Å²) in [6.45, 7) is 2.28. The number of fused-ring (bicyclic) bond motifs is 1. The van der Waals surface area contributed by atoms with E-state index < -0.39 is 0 Å². The molecular formula is C19H25N. The van der Waals surface area contributed by atoms with Crippen molar-refractivity contribution in [1.29, 1.82) is 0 Å². The number of aromatic amines is 1. The van der Waals surface area contributed by atoms with Gasteiger partial charge in [-0.3, -0.25) is 0 Å². The zero-order chi connectivity index (χ0) is 13.8. The molecule has 1 aliphatic rings. The van der Waals surface area contributed by atoms with Crippen molar-refractivity contribution in [2.24, 2.45) is 0 Å². The smallest absolute Gasteiger partial charge is 0.0461 e. The van der Waals surface area contributed by atoms with Crippen molar-refractivity contribution in [1.82, 2.24) is 4.98 Å². The second-order valence-corrected chi connectivity index (χ2v) is 5.96. The number of rotatable bonds is 5. The minimum absolute atomic E-state index is 1.21. The lowest BCUT2D eigenvalue weighted by Gasteiger charge is -2.13. The first-order chi connectivity index (χ1) is 9.90. The minimum Gasteiger partial charge on any atom is -0.355 e. The molecule has 0 saturated heterocycles. The molecule has 1 nitrogen and oxygen atoms in total. The van der Waals surface area contributed by atoms with Crippen LogP contribution in [0.1, 0.15) is 63.1 Å². The third-order valence-electron chi connectivity index (χ3n) is 4.46. The number of allylic oxidation sites excluding steroid dienone is 2. The van der Waals surface area contributed by atoms with Crippen LogP contribution in [0.5, 0.6) is 0 Å². The van der Waals surface area contributed by atoms with E-state index in [0.29, 0.717) is 0 Å². The number of H-pyrrole nitrogens is 1. The lowest BCUT2D eigenvalue weighted by atomic mass is 9.93. The van der Waals surface area contributed by atoms with E-state index in [-0.39, 0.29) is 0 Å². The Kier molecular flexibility index (Phi) is 4.25. The maximum Gasteiger partial charge on any atom is 0.0461 e. The molecule has 2 aromatic rings. The van der Waals surface area contributed by atoms with Gasteiger partial charge in [0.1, 0.15) is 0 Å². The first-order valence-electron chi connectivity index (χ1n) is 8.19. The van der Waals surface area contributed by atoms with Gasteiger partial charge in [0.2, 0.25) is 0 Å². The van der Waals surface area contributed by atoms with Crippen LogP contribution in [0.15, 0.2) is 30.3 Å². The van der Waals surface area contributed by atoms with Crippen molar-refractivity contribution in [3.8, 4) is 0 Å². The van der Waals surface area contributed by atoms with E-state index in [2.05, 4.69) is 42.2 Å². The van der Waals surface area contributed by atoms with E-state index in [0.717, 1.165) is 0 Å². The van der Waals surface area contributed by atoms with Gasteiger partial charge in [-0.2, -0.15) is 0 Å². The molecule has 0 spiro atoms. The van der Waals surface area contributed by atoms with Crippen molar-refractivity contribution >= 4 is 16.5 Å². The van der Waals surface area contributed by atoms with E-state index in [9.17, 15) is 0 Å². The van der Waals surface area contributed by atoms with Crippen molar-refractivity contribution in [3.63, 3.8) is 0 Å². The molecule has 0 amide bonds. The SMILES string of the molecule is CCCCCc1c(C2=CCCCC2)[nH]c2ccccc12. The number of hydrogen-bond donors (Lipinski definition) is 1. The topological polar surface area (TPSA) is 15.8 Å². The molecule has 1 aromatic heterocycles. The molecule has 1 heteroatoms. The summed E-state index contributed by atoms with van der Waals surface area (Å²) in [6, 6.07) is 8.79. The fourth-order valence-electron chi connectivity index (χ4n) is 3.35. The molecule has 1 aromatic carbocycles. The Balaban J connectivity index is 2.00. The maximum atomic E-state index is 3.69. The highest BCUT2D eigenvalue weighted by molar-refractivity contribution is 5.89. The first kappa shape index (κ1) is 13.5. The predicted molar refractivity (Wildman–Crippen MR) is 88.0 cm³/mol. The Labute approximate surface area is 122 Å².